The first-order chi connectivity index (χ1) is 4.25. The minimum atomic E-state index is -0.593. The molecule has 9 heavy (non-hydrogen) atoms. The third kappa shape index (κ3) is 1.13. The Morgan fingerprint density at radius 2 is 1.78 bits per heavy atom. The summed E-state index contributed by atoms with van der Waals surface area (Å²) in [4.78, 5) is 1.57. The molecule has 2 N–H and O–H groups in total. The Bertz CT molecular complexity index is 112. The molecule has 1 rings (SSSR count). The average Bonchev–Trinajstić information content (AvgIpc) is 2.12. The molecule has 1 aliphatic heterocycles. The standard InChI is InChI=1S/C6H11NO2/c1-2-7-5(8)3-4-6(7)9/h3-6,8-9H,2H2,1H3. The lowest BCUT2D eigenvalue weighted by Gasteiger charge is -2.21. The van der Waals surface area contributed by atoms with Crippen molar-refractivity contribution in [3.8, 4) is 0 Å². The van der Waals surface area contributed by atoms with Gasteiger partial charge < -0.3 is 10.2 Å². The van der Waals surface area contributed by atoms with Crippen LogP contribution < -0.4 is 0 Å². The van der Waals surface area contributed by atoms with Gasteiger partial charge in [0.1, 0.15) is 12.5 Å². The predicted molar refractivity (Wildman–Crippen MR) is 33.5 cm³/mol. The molecular formula is C6H11NO2. The maximum atomic E-state index is 9.04. The quantitative estimate of drug-likeness (QED) is 0.470. The molecular weight excluding hydrogens is 118 g/mol. The SMILES string of the molecule is CCN1C(O)C=CC1O. The molecule has 0 fully saturated rings. The first-order valence-corrected chi connectivity index (χ1v) is 3.06. The summed E-state index contributed by atoms with van der Waals surface area (Å²) in [5, 5.41) is 18.1. The number of rotatable bonds is 1. The molecule has 2 unspecified atom stereocenters. The Labute approximate surface area is 54.2 Å². The number of aliphatic hydroxyl groups is 2. The number of aliphatic hydroxyl groups excluding tert-OH is 2. The van der Waals surface area contributed by atoms with Crippen LogP contribution in [0.4, 0.5) is 0 Å². The van der Waals surface area contributed by atoms with Gasteiger partial charge in [0.2, 0.25) is 0 Å². The van der Waals surface area contributed by atoms with Crippen molar-refractivity contribution in [1.82, 2.24) is 4.90 Å². The van der Waals surface area contributed by atoms with E-state index in [1.807, 2.05) is 6.92 Å². The lowest BCUT2D eigenvalue weighted by Crippen LogP contribution is -2.36. The minimum absolute atomic E-state index is 0.593. The molecule has 3 nitrogen and oxygen atoms in total. The first kappa shape index (κ1) is 6.74. The van der Waals surface area contributed by atoms with Crippen molar-refractivity contribution in [2.45, 2.75) is 19.4 Å². The molecule has 0 saturated carbocycles. The number of nitrogens with zero attached hydrogens (tertiary/aromatic N) is 1. The lowest BCUT2D eigenvalue weighted by atomic mass is 10.5. The zero-order chi connectivity index (χ0) is 6.85. The van der Waals surface area contributed by atoms with Crippen molar-refractivity contribution >= 4 is 0 Å². The van der Waals surface area contributed by atoms with Crippen LogP contribution in [0.5, 0.6) is 0 Å². The van der Waals surface area contributed by atoms with E-state index >= 15 is 0 Å². The van der Waals surface area contributed by atoms with Gasteiger partial charge in [0.15, 0.2) is 0 Å². The highest BCUT2D eigenvalue weighted by Crippen LogP contribution is 2.10. The molecule has 0 bridgehead atoms. The van der Waals surface area contributed by atoms with Crippen LogP contribution in [0.1, 0.15) is 6.92 Å². The summed E-state index contributed by atoms with van der Waals surface area (Å²) in [6, 6.07) is 0. The molecule has 3 heteroatoms. The van der Waals surface area contributed by atoms with Gasteiger partial charge in [-0.1, -0.05) is 6.92 Å². The number of likely N-dealkylation sites (N-methyl/N-ethyl adjacent to an activating group) is 1. The van der Waals surface area contributed by atoms with Crippen LogP contribution in [0.2, 0.25) is 0 Å². The highest BCUT2D eigenvalue weighted by molar-refractivity contribution is 5.01. The molecule has 0 spiro atoms. The summed E-state index contributed by atoms with van der Waals surface area (Å²) in [6.45, 7) is 2.55. The third-order valence-electron chi connectivity index (χ3n) is 1.50. The van der Waals surface area contributed by atoms with E-state index < -0.39 is 12.5 Å². The van der Waals surface area contributed by atoms with Crippen molar-refractivity contribution in [2.75, 3.05) is 6.54 Å². The topological polar surface area (TPSA) is 43.7 Å². The molecule has 0 aromatic heterocycles. The van der Waals surface area contributed by atoms with E-state index in [9.17, 15) is 0 Å². The highest BCUT2D eigenvalue weighted by atomic mass is 16.3. The Hall–Kier alpha value is -0.380. The number of hydrogen-bond acceptors (Lipinski definition) is 3. The summed E-state index contributed by atoms with van der Waals surface area (Å²) in [5.41, 5.74) is 0. The summed E-state index contributed by atoms with van der Waals surface area (Å²) in [7, 11) is 0. The van der Waals surface area contributed by atoms with E-state index in [0.29, 0.717) is 6.54 Å². The van der Waals surface area contributed by atoms with Crippen LogP contribution in [-0.2, 0) is 0 Å². The van der Waals surface area contributed by atoms with Gasteiger partial charge in [-0.2, -0.15) is 0 Å². The van der Waals surface area contributed by atoms with Crippen molar-refractivity contribution in [2.24, 2.45) is 0 Å². The van der Waals surface area contributed by atoms with E-state index in [-0.39, 0.29) is 0 Å². The Kier molecular flexibility index (Phi) is 1.85. The molecule has 0 radical (unpaired) electrons. The highest BCUT2D eigenvalue weighted by Gasteiger charge is 2.22. The molecule has 0 amide bonds. The average molecular weight is 129 g/mol. The van der Waals surface area contributed by atoms with Crippen LogP contribution in [0.3, 0.4) is 0 Å². The van der Waals surface area contributed by atoms with Gasteiger partial charge in [0.25, 0.3) is 0 Å². The molecule has 0 aromatic rings. The summed E-state index contributed by atoms with van der Waals surface area (Å²) in [5.74, 6) is 0. The van der Waals surface area contributed by atoms with Crippen molar-refractivity contribution in [3.63, 3.8) is 0 Å². The fourth-order valence-corrected chi connectivity index (χ4v) is 0.950. The zero-order valence-electron chi connectivity index (χ0n) is 5.36. The van der Waals surface area contributed by atoms with Crippen LogP contribution in [0, 0.1) is 0 Å². The van der Waals surface area contributed by atoms with E-state index in [2.05, 4.69) is 0 Å². The molecule has 2 atom stereocenters. The van der Waals surface area contributed by atoms with Gasteiger partial charge >= 0.3 is 0 Å². The van der Waals surface area contributed by atoms with E-state index in [0.717, 1.165) is 0 Å². The second-order valence-corrected chi connectivity index (χ2v) is 2.04. The minimum Gasteiger partial charge on any atom is -0.375 e. The van der Waals surface area contributed by atoms with Gasteiger partial charge in [-0.25, -0.2) is 4.90 Å². The summed E-state index contributed by atoms with van der Waals surface area (Å²) in [6.07, 6.45) is 1.97. The maximum Gasteiger partial charge on any atom is 0.128 e. The van der Waals surface area contributed by atoms with E-state index in [4.69, 9.17) is 10.2 Å². The van der Waals surface area contributed by atoms with Gasteiger partial charge in [-0.15, -0.1) is 0 Å². The lowest BCUT2D eigenvalue weighted by molar-refractivity contribution is -0.0356. The molecule has 0 aromatic carbocycles. The molecule has 1 heterocycles. The van der Waals surface area contributed by atoms with Crippen molar-refractivity contribution < 1.29 is 10.2 Å². The van der Waals surface area contributed by atoms with E-state index in [1.54, 1.807) is 17.1 Å². The molecule has 1 aliphatic rings. The van der Waals surface area contributed by atoms with E-state index in [1.165, 1.54) is 0 Å². The summed E-state index contributed by atoms with van der Waals surface area (Å²) >= 11 is 0. The number of hydrogen-bond donors (Lipinski definition) is 2. The Balaban J connectivity index is 2.53. The van der Waals surface area contributed by atoms with Gasteiger partial charge in [-0.3, -0.25) is 0 Å². The fourth-order valence-electron chi connectivity index (χ4n) is 0.950. The molecule has 0 aliphatic carbocycles. The second kappa shape index (κ2) is 2.47. The van der Waals surface area contributed by atoms with Gasteiger partial charge in [0, 0.05) is 6.54 Å². The maximum absolute atomic E-state index is 9.04. The fraction of sp³-hybridized carbons (Fsp3) is 0.667. The summed E-state index contributed by atoms with van der Waals surface area (Å²) < 4.78 is 0. The van der Waals surface area contributed by atoms with Gasteiger partial charge in [0.05, 0.1) is 0 Å². The molecule has 52 valence electrons. The third-order valence-corrected chi connectivity index (χ3v) is 1.50. The van der Waals surface area contributed by atoms with Crippen LogP contribution in [-0.4, -0.2) is 34.1 Å². The first-order valence-electron chi connectivity index (χ1n) is 3.06. The predicted octanol–water partition coefficient (Wildman–Crippen LogP) is -0.485. The smallest absolute Gasteiger partial charge is 0.128 e. The molecule has 0 saturated heterocycles. The largest absolute Gasteiger partial charge is 0.375 e. The Morgan fingerprint density at radius 3 is 2.00 bits per heavy atom. The monoisotopic (exact) mass is 129 g/mol. The normalized spacial score (nSPS) is 35.9. The second-order valence-electron chi connectivity index (χ2n) is 2.04. The van der Waals surface area contributed by atoms with Gasteiger partial charge in [-0.05, 0) is 12.2 Å². The van der Waals surface area contributed by atoms with Crippen molar-refractivity contribution in [3.05, 3.63) is 12.2 Å². The van der Waals surface area contributed by atoms with Crippen molar-refractivity contribution in [1.29, 1.82) is 0 Å². The Morgan fingerprint density at radius 1 is 1.33 bits per heavy atom. The van der Waals surface area contributed by atoms with Crippen LogP contribution in [0.15, 0.2) is 12.2 Å². The zero-order valence-corrected chi connectivity index (χ0v) is 5.36. The van der Waals surface area contributed by atoms with Crippen LogP contribution >= 0.6 is 0 Å². The van der Waals surface area contributed by atoms with Crippen LogP contribution in [0.25, 0.3) is 0 Å².